The van der Waals surface area contributed by atoms with Gasteiger partial charge in [0, 0.05) is 13.7 Å². The fraction of sp³-hybridized carbons (Fsp3) is 0.769. The Kier molecular flexibility index (Phi) is 5.38. The van der Waals surface area contributed by atoms with E-state index in [0.717, 1.165) is 23.0 Å². The first-order valence-electron chi connectivity index (χ1n) is 6.68. The average molecular weight is 333 g/mol. The predicted octanol–water partition coefficient (Wildman–Crippen LogP) is 2.14. The van der Waals surface area contributed by atoms with Crippen LogP contribution in [0.4, 0.5) is 0 Å². The Morgan fingerprint density at radius 2 is 2.32 bits per heavy atom. The second-order valence-electron chi connectivity index (χ2n) is 4.80. The summed E-state index contributed by atoms with van der Waals surface area (Å²) in [6.45, 7) is 3.76. The highest BCUT2D eigenvalue weighted by Gasteiger charge is 2.39. The molecule has 1 N–H and O–H groups in total. The molecule has 1 saturated carbocycles. The number of ether oxygens (including phenoxy) is 2. The number of rotatable bonds is 8. The van der Waals surface area contributed by atoms with E-state index in [0.29, 0.717) is 25.7 Å². The zero-order valence-electron chi connectivity index (χ0n) is 11.4. The van der Waals surface area contributed by atoms with E-state index in [9.17, 15) is 5.11 Å². The van der Waals surface area contributed by atoms with E-state index >= 15 is 0 Å². The van der Waals surface area contributed by atoms with Gasteiger partial charge in [-0.1, -0.05) is 0 Å². The minimum absolute atomic E-state index is 0.140. The summed E-state index contributed by atoms with van der Waals surface area (Å²) in [4.78, 5) is 0. The molecular formula is C13H21BrN2O3. The van der Waals surface area contributed by atoms with Crippen LogP contribution in [0.15, 0.2) is 10.7 Å². The number of nitrogens with zero attached hydrogens (tertiary/aromatic N) is 2. The van der Waals surface area contributed by atoms with Crippen molar-refractivity contribution in [2.45, 2.75) is 38.5 Å². The molecule has 1 heterocycles. The summed E-state index contributed by atoms with van der Waals surface area (Å²) in [5.74, 6) is 0.465. The molecule has 108 valence electrons. The Morgan fingerprint density at radius 3 is 2.89 bits per heavy atom. The van der Waals surface area contributed by atoms with E-state index in [-0.39, 0.29) is 6.10 Å². The van der Waals surface area contributed by atoms with Crippen LogP contribution in [0.1, 0.15) is 31.6 Å². The second-order valence-corrected chi connectivity index (χ2v) is 5.65. The smallest absolute Gasteiger partial charge is 0.123 e. The highest BCUT2D eigenvalue weighted by atomic mass is 79.9. The normalized spacial score (nSPS) is 18.5. The monoisotopic (exact) mass is 332 g/mol. The van der Waals surface area contributed by atoms with Crippen molar-refractivity contribution in [3.8, 4) is 0 Å². The Bertz CT molecular complexity index is 407. The van der Waals surface area contributed by atoms with Crippen molar-refractivity contribution in [3.63, 3.8) is 0 Å². The van der Waals surface area contributed by atoms with Gasteiger partial charge < -0.3 is 14.6 Å². The number of hydrogen-bond acceptors (Lipinski definition) is 4. The highest BCUT2D eigenvalue weighted by Crippen LogP contribution is 2.41. The SMILES string of the molecule is CCOC(C1CC1)C(O)c1c(Br)cnn1CCOC. The Labute approximate surface area is 122 Å². The topological polar surface area (TPSA) is 56.5 Å². The van der Waals surface area contributed by atoms with E-state index in [2.05, 4.69) is 21.0 Å². The van der Waals surface area contributed by atoms with Crippen LogP contribution >= 0.6 is 15.9 Å². The zero-order chi connectivity index (χ0) is 13.8. The first-order valence-corrected chi connectivity index (χ1v) is 7.48. The van der Waals surface area contributed by atoms with Gasteiger partial charge in [-0.25, -0.2) is 0 Å². The van der Waals surface area contributed by atoms with Crippen molar-refractivity contribution in [2.75, 3.05) is 20.3 Å². The molecular weight excluding hydrogens is 312 g/mol. The van der Waals surface area contributed by atoms with Gasteiger partial charge in [0.15, 0.2) is 0 Å². The molecule has 1 aromatic heterocycles. The fourth-order valence-electron chi connectivity index (χ4n) is 2.28. The minimum Gasteiger partial charge on any atom is -0.384 e. The maximum absolute atomic E-state index is 10.6. The molecule has 19 heavy (non-hydrogen) atoms. The van der Waals surface area contributed by atoms with Crippen LogP contribution < -0.4 is 0 Å². The Morgan fingerprint density at radius 1 is 1.58 bits per heavy atom. The summed E-state index contributed by atoms with van der Waals surface area (Å²) in [6, 6.07) is 0. The fourth-order valence-corrected chi connectivity index (χ4v) is 2.81. The lowest BCUT2D eigenvalue weighted by Crippen LogP contribution is -2.27. The Balaban J connectivity index is 2.15. The summed E-state index contributed by atoms with van der Waals surface area (Å²) in [6.07, 6.45) is 3.18. The van der Waals surface area contributed by atoms with E-state index in [4.69, 9.17) is 9.47 Å². The van der Waals surface area contributed by atoms with Gasteiger partial charge in [-0.3, -0.25) is 4.68 Å². The largest absolute Gasteiger partial charge is 0.384 e. The van der Waals surface area contributed by atoms with Crippen LogP contribution in [0.3, 0.4) is 0 Å². The van der Waals surface area contributed by atoms with Crippen molar-refractivity contribution < 1.29 is 14.6 Å². The van der Waals surface area contributed by atoms with E-state index in [1.54, 1.807) is 18.0 Å². The molecule has 6 heteroatoms. The third-order valence-electron chi connectivity index (χ3n) is 3.38. The van der Waals surface area contributed by atoms with E-state index in [1.165, 1.54) is 0 Å². The molecule has 5 nitrogen and oxygen atoms in total. The van der Waals surface area contributed by atoms with Crippen LogP contribution in [0.5, 0.6) is 0 Å². The van der Waals surface area contributed by atoms with Crippen LogP contribution in [-0.4, -0.2) is 41.3 Å². The third kappa shape index (κ3) is 3.56. The second kappa shape index (κ2) is 6.83. The van der Waals surface area contributed by atoms with Crippen LogP contribution in [0, 0.1) is 5.92 Å². The highest BCUT2D eigenvalue weighted by molar-refractivity contribution is 9.10. The van der Waals surface area contributed by atoms with Gasteiger partial charge in [0.1, 0.15) is 6.10 Å². The van der Waals surface area contributed by atoms with E-state index in [1.807, 2.05) is 6.92 Å². The molecule has 0 aliphatic heterocycles. The van der Waals surface area contributed by atoms with Crippen LogP contribution in [0.2, 0.25) is 0 Å². The Hall–Kier alpha value is -0.430. The van der Waals surface area contributed by atoms with Gasteiger partial charge in [0.05, 0.1) is 35.6 Å². The van der Waals surface area contributed by atoms with Crippen molar-refractivity contribution >= 4 is 15.9 Å². The summed E-state index contributed by atoms with van der Waals surface area (Å²) in [5.41, 5.74) is 0.780. The predicted molar refractivity (Wildman–Crippen MR) is 74.9 cm³/mol. The molecule has 2 rings (SSSR count). The molecule has 0 amide bonds. The van der Waals surface area contributed by atoms with Crippen LogP contribution in [0.25, 0.3) is 0 Å². The first kappa shape index (κ1) is 15.0. The number of methoxy groups -OCH3 is 1. The summed E-state index contributed by atoms with van der Waals surface area (Å²) in [5, 5.41) is 14.9. The van der Waals surface area contributed by atoms with Crippen molar-refractivity contribution in [1.82, 2.24) is 9.78 Å². The lowest BCUT2D eigenvalue weighted by Gasteiger charge is -2.24. The lowest BCUT2D eigenvalue weighted by molar-refractivity contribution is -0.0501. The van der Waals surface area contributed by atoms with Gasteiger partial charge in [-0.05, 0) is 41.6 Å². The molecule has 0 bridgehead atoms. The van der Waals surface area contributed by atoms with Gasteiger partial charge >= 0.3 is 0 Å². The van der Waals surface area contributed by atoms with E-state index < -0.39 is 6.10 Å². The molecule has 0 aromatic carbocycles. The molecule has 1 aliphatic carbocycles. The summed E-state index contributed by atoms with van der Waals surface area (Å²) < 4.78 is 13.4. The zero-order valence-corrected chi connectivity index (χ0v) is 13.0. The number of aromatic nitrogens is 2. The quantitative estimate of drug-likeness (QED) is 0.792. The van der Waals surface area contributed by atoms with Gasteiger partial charge in [0.25, 0.3) is 0 Å². The maximum Gasteiger partial charge on any atom is 0.123 e. The lowest BCUT2D eigenvalue weighted by atomic mass is 10.1. The maximum atomic E-state index is 10.6. The standard InChI is InChI=1S/C13H21BrN2O3/c1-3-19-13(9-4-5-9)12(17)11-10(14)8-15-16(11)6-7-18-2/h8-9,12-13,17H,3-7H2,1-2H3. The molecule has 2 atom stereocenters. The molecule has 0 spiro atoms. The number of hydrogen-bond donors (Lipinski definition) is 1. The average Bonchev–Trinajstić information content (AvgIpc) is 3.17. The summed E-state index contributed by atoms with van der Waals surface area (Å²) >= 11 is 3.46. The molecule has 1 aliphatic rings. The van der Waals surface area contributed by atoms with Gasteiger partial charge in [0.2, 0.25) is 0 Å². The molecule has 0 radical (unpaired) electrons. The number of aliphatic hydroxyl groups is 1. The number of aliphatic hydroxyl groups excluding tert-OH is 1. The number of halogens is 1. The molecule has 2 unspecified atom stereocenters. The minimum atomic E-state index is -0.652. The van der Waals surface area contributed by atoms with Gasteiger partial charge in [-0.2, -0.15) is 5.10 Å². The summed E-state index contributed by atoms with van der Waals surface area (Å²) in [7, 11) is 1.65. The van der Waals surface area contributed by atoms with Crippen molar-refractivity contribution in [3.05, 3.63) is 16.4 Å². The molecule has 1 fully saturated rings. The van der Waals surface area contributed by atoms with Gasteiger partial charge in [-0.15, -0.1) is 0 Å². The van der Waals surface area contributed by atoms with Crippen molar-refractivity contribution in [1.29, 1.82) is 0 Å². The molecule has 0 saturated heterocycles. The first-order chi connectivity index (χ1) is 9.19. The van der Waals surface area contributed by atoms with Crippen molar-refractivity contribution in [2.24, 2.45) is 5.92 Å². The van der Waals surface area contributed by atoms with Crippen LogP contribution in [-0.2, 0) is 16.0 Å². The third-order valence-corrected chi connectivity index (χ3v) is 3.99. The molecule has 1 aromatic rings.